The molecule has 1 aromatic carbocycles. The van der Waals surface area contributed by atoms with Crippen LogP contribution in [0.15, 0.2) is 75.1 Å². The van der Waals surface area contributed by atoms with Crippen molar-refractivity contribution in [2.45, 2.75) is 25.3 Å². The van der Waals surface area contributed by atoms with Crippen LogP contribution in [0.4, 0.5) is 11.4 Å². The van der Waals surface area contributed by atoms with Crippen LogP contribution in [0.1, 0.15) is 24.4 Å². The van der Waals surface area contributed by atoms with E-state index >= 15 is 0 Å². The highest BCUT2D eigenvalue weighted by Crippen LogP contribution is 2.16. The Morgan fingerprint density at radius 3 is 2.18 bits per heavy atom. The van der Waals surface area contributed by atoms with Gasteiger partial charge in [0.2, 0.25) is 15.9 Å². The summed E-state index contributed by atoms with van der Waals surface area (Å²) in [6.45, 7) is 3.65. The van der Waals surface area contributed by atoms with Crippen molar-refractivity contribution in [3.05, 3.63) is 77.1 Å². The van der Waals surface area contributed by atoms with E-state index in [1.807, 2.05) is 0 Å². The molecule has 2 heterocycles. The molecule has 0 radical (unpaired) electrons. The highest BCUT2D eigenvalue weighted by atomic mass is 32.2. The van der Waals surface area contributed by atoms with Crippen LogP contribution in [-0.2, 0) is 21.4 Å². The molecule has 0 saturated heterocycles. The molecule has 0 spiro atoms. The second-order valence-electron chi connectivity index (χ2n) is 6.98. The zero-order chi connectivity index (χ0) is 24.0. The van der Waals surface area contributed by atoms with Gasteiger partial charge in [0.1, 0.15) is 6.54 Å². The fourth-order valence-electron chi connectivity index (χ4n) is 3.09. The number of amides is 2. The maximum atomic E-state index is 12.7. The summed E-state index contributed by atoms with van der Waals surface area (Å²) in [4.78, 5) is 36.6. The van der Waals surface area contributed by atoms with Gasteiger partial charge in [0.25, 0.3) is 11.5 Å². The molecule has 0 unspecified atom stereocenters. The fourth-order valence-corrected chi connectivity index (χ4v) is 4.57. The van der Waals surface area contributed by atoms with E-state index in [9.17, 15) is 22.8 Å². The maximum absolute atomic E-state index is 12.7. The van der Waals surface area contributed by atoms with Gasteiger partial charge in [-0.05, 0) is 42.5 Å². The zero-order valence-electron chi connectivity index (χ0n) is 18.1. The number of nitrogens with one attached hydrogen (secondary N) is 2. The van der Waals surface area contributed by atoms with E-state index in [2.05, 4.69) is 10.6 Å². The van der Waals surface area contributed by atoms with Gasteiger partial charge in [-0.25, -0.2) is 8.42 Å². The second-order valence-corrected chi connectivity index (χ2v) is 8.92. The molecule has 0 aliphatic carbocycles. The molecule has 3 rings (SSSR count). The molecule has 0 fully saturated rings. The van der Waals surface area contributed by atoms with Crippen LogP contribution in [0.2, 0.25) is 0 Å². The monoisotopic (exact) mass is 472 g/mol. The van der Waals surface area contributed by atoms with Crippen molar-refractivity contribution in [2.24, 2.45) is 0 Å². The largest absolute Gasteiger partial charge is 0.459 e. The molecule has 11 heteroatoms. The third kappa shape index (κ3) is 5.76. The standard InChI is InChI=1S/C22H24N4O6S/c1-3-26(4-2)33(30,31)18-11-12-21(28)25(14-18)15-20(27)23-16-7-9-17(10-8-16)24-22(29)19-6-5-13-32-19/h5-14H,3-4,15H2,1-2H3,(H,23,27)(H,24,29). The molecular formula is C22H24N4O6S. The average Bonchev–Trinajstić information content (AvgIpc) is 3.32. The molecule has 33 heavy (non-hydrogen) atoms. The summed E-state index contributed by atoms with van der Waals surface area (Å²) >= 11 is 0. The van der Waals surface area contributed by atoms with Crippen LogP contribution >= 0.6 is 0 Å². The van der Waals surface area contributed by atoms with Crippen molar-refractivity contribution in [2.75, 3.05) is 23.7 Å². The Kier molecular flexibility index (Phi) is 7.46. The summed E-state index contributed by atoms with van der Waals surface area (Å²) in [5.41, 5.74) is 0.440. The molecular weight excluding hydrogens is 448 g/mol. The van der Waals surface area contributed by atoms with Crippen LogP contribution in [-0.4, -0.2) is 42.2 Å². The quantitative estimate of drug-likeness (QED) is 0.492. The first-order valence-electron chi connectivity index (χ1n) is 10.2. The number of carbonyl (C=O) groups excluding carboxylic acids is 2. The minimum atomic E-state index is -3.77. The molecule has 10 nitrogen and oxygen atoms in total. The molecule has 0 atom stereocenters. The highest BCUT2D eigenvalue weighted by Gasteiger charge is 2.22. The summed E-state index contributed by atoms with van der Waals surface area (Å²) in [5, 5.41) is 5.30. The SMILES string of the molecule is CCN(CC)S(=O)(=O)c1ccc(=O)n(CC(=O)Nc2ccc(NC(=O)c3ccco3)cc2)c1. The van der Waals surface area contributed by atoms with Gasteiger partial charge in [-0.3, -0.25) is 14.4 Å². The van der Waals surface area contributed by atoms with E-state index in [0.29, 0.717) is 11.4 Å². The number of nitrogens with zero attached hydrogens (tertiary/aromatic N) is 2. The molecule has 2 aromatic heterocycles. The third-order valence-corrected chi connectivity index (χ3v) is 6.82. The summed E-state index contributed by atoms with van der Waals surface area (Å²) in [5.74, 6) is -0.749. The molecule has 2 N–H and O–H groups in total. The third-order valence-electron chi connectivity index (χ3n) is 4.78. The second kappa shape index (κ2) is 10.3. The first kappa shape index (κ1) is 24.0. The summed E-state index contributed by atoms with van der Waals surface area (Å²) in [7, 11) is -3.77. The lowest BCUT2D eigenvalue weighted by Crippen LogP contribution is -2.33. The summed E-state index contributed by atoms with van der Waals surface area (Å²) in [6.07, 6.45) is 2.57. The Balaban J connectivity index is 1.67. The van der Waals surface area contributed by atoms with Crippen molar-refractivity contribution in [3.63, 3.8) is 0 Å². The van der Waals surface area contributed by atoms with Crippen molar-refractivity contribution >= 4 is 33.2 Å². The van der Waals surface area contributed by atoms with Gasteiger partial charge in [-0.2, -0.15) is 4.31 Å². The average molecular weight is 473 g/mol. The predicted octanol–water partition coefficient (Wildman–Crippen LogP) is 2.36. The van der Waals surface area contributed by atoms with E-state index < -0.39 is 27.4 Å². The van der Waals surface area contributed by atoms with E-state index in [-0.39, 0.29) is 30.3 Å². The Morgan fingerprint density at radius 1 is 0.970 bits per heavy atom. The number of furan rings is 1. The first-order chi connectivity index (χ1) is 15.7. The van der Waals surface area contributed by atoms with Crippen molar-refractivity contribution < 1.29 is 22.4 Å². The molecule has 0 aliphatic rings. The fraction of sp³-hybridized carbons (Fsp3) is 0.227. The lowest BCUT2D eigenvalue weighted by atomic mass is 10.2. The Bertz CT molecular complexity index is 1280. The number of hydrogen-bond donors (Lipinski definition) is 2. The van der Waals surface area contributed by atoms with Gasteiger partial charge >= 0.3 is 0 Å². The molecule has 0 saturated carbocycles. The number of sulfonamides is 1. The maximum Gasteiger partial charge on any atom is 0.291 e. The number of anilines is 2. The predicted molar refractivity (Wildman–Crippen MR) is 123 cm³/mol. The molecule has 3 aromatic rings. The van der Waals surface area contributed by atoms with Crippen LogP contribution in [0.3, 0.4) is 0 Å². The van der Waals surface area contributed by atoms with Gasteiger partial charge < -0.3 is 19.6 Å². The van der Waals surface area contributed by atoms with Gasteiger partial charge in [0, 0.05) is 36.7 Å². The van der Waals surface area contributed by atoms with Crippen molar-refractivity contribution in [1.82, 2.24) is 8.87 Å². The number of aromatic nitrogens is 1. The molecule has 0 bridgehead atoms. The normalized spacial score (nSPS) is 11.4. The lowest BCUT2D eigenvalue weighted by Gasteiger charge is -2.19. The minimum absolute atomic E-state index is 0.0600. The Morgan fingerprint density at radius 2 is 1.61 bits per heavy atom. The van der Waals surface area contributed by atoms with Crippen molar-refractivity contribution in [1.29, 1.82) is 0 Å². The number of carbonyl (C=O) groups is 2. The van der Waals surface area contributed by atoms with Crippen LogP contribution in [0.25, 0.3) is 0 Å². The van der Waals surface area contributed by atoms with Crippen molar-refractivity contribution in [3.8, 4) is 0 Å². The van der Waals surface area contributed by atoms with E-state index in [1.165, 1.54) is 28.9 Å². The first-order valence-corrected chi connectivity index (χ1v) is 11.6. The van der Waals surface area contributed by atoms with Crippen LogP contribution in [0.5, 0.6) is 0 Å². The number of benzene rings is 1. The lowest BCUT2D eigenvalue weighted by molar-refractivity contribution is -0.116. The van der Waals surface area contributed by atoms with Gasteiger partial charge in [0.05, 0.1) is 11.2 Å². The van der Waals surface area contributed by atoms with Crippen LogP contribution < -0.4 is 16.2 Å². The molecule has 0 aliphatic heterocycles. The molecule has 174 valence electrons. The van der Waals surface area contributed by atoms with Gasteiger partial charge in [0.15, 0.2) is 5.76 Å². The van der Waals surface area contributed by atoms with E-state index in [0.717, 1.165) is 10.6 Å². The van der Waals surface area contributed by atoms with Crippen LogP contribution in [0, 0.1) is 0 Å². The highest BCUT2D eigenvalue weighted by molar-refractivity contribution is 7.89. The smallest absolute Gasteiger partial charge is 0.291 e. The van der Waals surface area contributed by atoms with E-state index in [4.69, 9.17) is 4.42 Å². The minimum Gasteiger partial charge on any atom is -0.459 e. The Hall–Kier alpha value is -3.70. The summed E-state index contributed by atoms with van der Waals surface area (Å²) < 4.78 is 32.7. The number of rotatable bonds is 9. The van der Waals surface area contributed by atoms with E-state index in [1.54, 1.807) is 44.2 Å². The molecule has 2 amide bonds. The topological polar surface area (TPSA) is 131 Å². The van der Waals surface area contributed by atoms with Gasteiger partial charge in [-0.15, -0.1) is 0 Å². The number of pyridine rings is 1. The summed E-state index contributed by atoms with van der Waals surface area (Å²) in [6, 6.07) is 11.9. The Labute approximate surface area is 190 Å². The number of hydrogen-bond acceptors (Lipinski definition) is 6. The zero-order valence-corrected chi connectivity index (χ0v) is 19.0. The van der Waals surface area contributed by atoms with Gasteiger partial charge in [-0.1, -0.05) is 13.8 Å².